The van der Waals surface area contributed by atoms with Gasteiger partial charge in [0.25, 0.3) is 0 Å². The van der Waals surface area contributed by atoms with Crippen molar-refractivity contribution in [3.05, 3.63) is 71.8 Å². The van der Waals surface area contributed by atoms with Gasteiger partial charge in [-0.15, -0.1) is 0 Å². The molecule has 2 aromatic rings. The highest BCUT2D eigenvalue weighted by Crippen LogP contribution is 2.26. The zero-order chi connectivity index (χ0) is 16.0. The molecular weight excluding hydrogens is 278 g/mol. The topological polar surface area (TPSA) is 49.4 Å². The number of hydrogen-bond acceptors (Lipinski definition) is 3. The lowest BCUT2D eigenvalue weighted by Crippen LogP contribution is -2.49. The Bertz CT molecular complexity index is 557. The zero-order valence-corrected chi connectivity index (χ0v) is 12.9. The van der Waals surface area contributed by atoms with E-state index in [4.69, 9.17) is 4.74 Å². The summed E-state index contributed by atoms with van der Waals surface area (Å²) in [5, 5.41) is 10.8. The van der Waals surface area contributed by atoms with E-state index in [-0.39, 0.29) is 23.9 Å². The molecule has 0 atom stereocenters. The number of carboxylic acids is 1. The van der Waals surface area contributed by atoms with Crippen molar-refractivity contribution in [2.24, 2.45) is 0 Å². The van der Waals surface area contributed by atoms with Crippen LogP contribution in [0.4, 0.5) is 0 Å². The average Bonchev–Trinajstić information content (AvgIpc) is 2.48. The lowest BCUT2D eigenvalue weighted by Gasteiger charge is -2.31. The van der Waals surface area contributed by atoms with Crippen LogP contribution in [0.25, 0.3) is 0 Å². The highest BCUT2D eigenvalue weighted by Gasteiger charge is 2.21. The van der Waals surface area contributed by atoms with Gasteiger partial charge in [-0.25, -0.2) is 0 Å². The van der Waals surface area contributed by atoms with Gasteiger partial charge in [0.1, 0.15) is 12.6 Å². The maximum Gasteiger partial charge on any atom is 0.184 e. The quantitative estimate of drug-likeness (QED) is 0.576. The van der Waals surface area contributed by atoms with Crippen molar-refractivity contribution >= 4 is 5.97 Å². The second-order valence-corrected chi connectivity index (χ2v) is 5.96. The molecular formula is C18H21NO3. The molecule has 0 heterocycles. The Labute approximate surface area is 131 Å². The second-order valence-electron chi connectivity index (χ2n) is 5.96. The summed E-state index contributed by atoms with van der Waals surface area (Å²) in [6.07, 6.45) is -0.221. The van der Waals surface area contributed by atoms with E-state index in [9.17, 15) is 9.90 Å². The van der Waals surface area contributed by atoms with Crippen LogP contribution in [0.2, 0.25) is 0 Å². The van der Waals surface area contributed by atoms with Crippen LogP contribution in [-0.4, -0.2) is 37.8 Å². The minimum absolute atomic E-state index is 0.0870. The van der Waals surface area contributed by atoms with E-state index in [1.807, 2.05) is 74.8 Å². The number of rotatable bonds is 7. The molecule has 0 aliphatic heterocycles. The maximum absolute atomic E-state index is 10.8. The number of benzene rings is 2. The molecule has 4 heteroatoms. The van der Waals surface area contributed by atoms with E-state index in [0.29, 0.717) is 0 Å². The predicted molar refractivity (Wildman–Crippen MR) is 82.7 cm³/mol. The zero-order valence-electron chi connectivity index (χ0n) is 12.9. The fraction of sp³-hybridized carbons (Fsp3) is 0.278. The molecule has 0 bridgehead atoms. The summed E-state index contributed by atoms with van der Waals surface area (Å²) in [6, 6.07) is 19.8. The van der Waals surface area contributed by atoms with Crippen molar-refractivity contribution in [3.8, 4) is 0 Å². The van der Waals surface area contributed by atoms with Crippen LogP contribution < -0.4 is 5.11 Å². The number of nitrogens with zero attached hydrogens (tertiary/aromatic N) is 1. The first kappa shape index (κ1) is 16.2. The third-order valence-corrected chi connectivity index (χ3v) is 3.35. The fourth-order valence-corrected chi connectivity index (χ4v) is 2.31. The molecule has 22 heavy (non-hydrogen) atoms. The molecule has 2 aromatic carbocycles. The molecule has 0 aliphatic rings. The lowest BCUT2D eigenvalue weighted by atomic mass is 10.0. The maximum atomic E-state index is 10.8. The lowest BCUT2D eigenvalue weighted by molar-refractivity contribution is -0.905. The Balaban J connectivity index is 2.18. The Hall–Kier alpha value is -2.17. The number of likely N-dealkylation sites (N-methyl/N-ethyl adjacent to an activating group) is 1. The summed E-state index contributed by atoms with van der Waals surface area (Å²) in [5.41, 5.74) is 2.09. The van der Waals surface area contributed by atoms with Gasteiger partial charge >= 0.3 is 0 Å². The molecule has 0 fully saturated rings. The predicted octanol–water partition coefficient (Wildman–Crippen LogP) is 1.58. The number of carbonyl (C=O) groups is 1. The third-order valence-electron chi connectivity index (χ3n) is 3.35. The standard InChI is InChI=1S/C18H21NO3/c1-19(2,13-17(20)21)14-22-18(15-9-5-3-6-10-15)16-11-7-4-8-12-16/h3-12,18H,13-14H2,1-2H3. The number of quaternary nitrogens is 1. The van der Waals surface area contributed by atoms with E-state index < -0.39 is 5.97 Å². The fourth-order valence-electron chi connectivity index (χ4n) is 2.31. The summed E-state index contributed by atoms with van der Waals surface area (Å²) in [4.78, 5) is 10.8. The number of hydrogen-bond donors (Lipinski definition) is 0. The average molecular weight is 299 g/mol. The first-order valence-corrected chi connectivity index (χ1v) is 7.21. The molecule has 116 valence electrons. The highest BCUT2D eigenvalue weighted by atomic mass is 16.5. The molecule has 0 aromatic heterocycles. The highest BCUT2D eigenvalue weighted by molar-refractivity contribution is 5.65. The first-order chi connectivity index (χ1) is 10.5. The van der Waals surface area contributed by atoms with Crippen molar-refractivity contribution in [3.63, 3.8) is 0 Å². The Morgan fingerprint density at radius 1 is 1.00 bits per heavy atom. The summed E-state index contributed by atoms with van der Waals surface area (Å²) in [6.45, 7) is 0.193. The third kappa shape index (κ3) is 4.69. The van der Waals surface area contributed by atoms with Gasteiger partial charge in [0.05, 0.1) is 20.1 Å². The Morgan fingerprint density at radius 2 is 1.45 bits per heavy atom. The van der Waals surface area contributed by atoms with Gasteiger partial charge in [0, 0.05) is 0 Å². The van der Waals surface area contributed by atoms with Gasteiger partial charge in [-0.3, -0.25) is 0 Å². The molecule has 0 N–H and O–H groups in total. The molecule has 0 unspecified atom stereocenters. The second kappa shape index (κ2) is 7.20. The largest absolute Gasteiger partial charge is 0.544 e. The summed E-state index contributed by atoms with van der Waals surface area (Å²) >= 11 is 0. The molecule has 0 saturated heterocycles. The van der Waals surface area contributed by atoms with Crippen molar-refractivity contribution in [2.45, 2.75) is 6.10 Å². The van der Waals surface area contributed by atoms with E-state index in [1.54, 1.807) is 0 Å². The number of carboxylic acid groups (broad SMARTS) is 1. The Kier molecular flexibility index (Phi) is 5.31. The van der Waals surface area contributed by atoms with E-state index in [0.717, 1.165) is 11.1 Å². The SMILES string of the molecule is C[N+](C)(COC(c1ccccc1)c1ccccc1)CC(=O)[O-]. The van der Waals surface area contributed by atoms with Crippen molar-refractivity contribution in [2.75, 3.05) is 27.4 Å². The van der Waals surface area contributed by atoms with Crippen LogP contribution >= 0.6 is 0 Å². The van der Waals surface area contributed by atoms with Gasteiger partial charge in [0.15, 0.2) is 6.73 Å². The van der Waals surface area contributed by atoms with Crippen LogP contribution in [0.5, 0.6) is 0 Å². The monoisotopic (exact) mass is 299 g/mol. The van der Waals surface area contributed by atoms with Crippen molar-refractivity contribution < 1.29 is 19.1 Å². The molecule has 2 rings (SSSR count). The van der Waals surface area contributed by atoms with Crippen LogP contribution in [0.1, 0.15) is 17.2 Å². The van der Waals surface area contributed by atoms with Crippen molar-refractivity contribution in [1.29, 1.82) is 0 Å². The van der Waals surface area contributed by atoms with Crippen molar-refractivity contribution in [1.82, 2.24) is 0 Å². The minimum Gasteiger partial charge on any atom is -0.544 e. The van der Waals surface area contributed by atoms with E-state index in [1.165, 1.54) is 0 Å². The van der Waals surface area contributed by atoms with Crippen LogP contribution in [0, 0.1) is 0 Å². The molecule has 0 spiro atoms. The van der Waals surface area contributed by atoms with Gasteiger partial charge < -0.3 is 19.1 Å². The summed E-state index contributed by atoms with van der Waals surface area (Å²) in [7, 11) is 3.62. The smallest absolute Gasteiger partial charge is 0.184 e. The number of carbonyl (C=O) groups excluding carboxylic acids is 1. The molecule has 0 aliphatic carbocycles. The van der Waals surface area contributed by atoms with Crippen LogP contribution in [0.15, 0.2) is 60.7 Å². The first-order valence-electron chi connectivity index (χ1n) is 7.21. The molecule has 0 radical (unpaired) electrons. The normalized spacial score (nSPS) is 11.6. The van der Waals surface area contributed by atoms with Gasteiger partial charge in [-0.2, -0.15) is 0 Å². The minimum atomic E-state index is -1.08. The molecule has 4 nitrogen and oxygen atoms in total. The van der Waals surface area contributed by atoms with E-state index in [2.05, 4.69) is 0 Å². The van der Waals surface area contributed by atoms with Gasteiger partial charge in [-0.05, 0) is 11.1 Å². The van der Waals surface area contributed by atoms with Crippen LogP contribution in [0.3, 0.4) is 0 Å². The van der Waals surface area contributed by atoms with Gasteiger partial charge in [0.2, 0.25) is 0 Å². The van der Waals surface area contributed by atoms with Crippen LogP contribution in [-0.2, 0) is 9.53 Å². The molecule has 0 amide bonds. The summed E-state index contributed by atoms with van der Waals surface area (Å²) < 4.78 is 6.27. The Morgan fingerprint density at radius 3 is 1.86 bits per heavy atom. The summed E-state index contributed by atoms with van der Waals surface area (Å²) in [5.74, 6) is -1.08. The van der Waals surface area contributed by atoms with E-state index >= 15 is 0 Å². The number of aliphatic carboxylic acids is 1. The van der Waals surface area contributed by atoms with Gasteiger partial charge in [-0.1, -0.05) is 60.7 Å². The number of ether oxygens (including phenoxy) is 1. The molecule has 0 saturated carbocycles.